The molecule has 3 N–H and O–H groups in total. The number of nitrogens with one attached hydrogen (secondary N) is 1. The standard InChI is InChI=1S/C11H15N5OS/c1-3-4-16-10(17)14-15-11(16)18-9-5-8(12)7(2)6-13-9/h5-6H,3-4H2,1-2H3,(H2,12,13)(H,14,17). The van der Waals surface area contributed by atoms with Crippen LogP contribution in [0.15, 0.2) is 27.2 Å². The quantitative estimate of drug-likeness (QED) is 0.872. The van der Waals surface area contributed by atoms with E-state index < -0.39 is 0 Å². The third-order valence-corrected chi connectivity index (χ3v) is 3.41. The number of aromatic nitrogens is 4. The average Bonchev–Trinajstić information content (AvgIpc) is 2.67. The Morgan fingerprint density at radius 2 is 2.33 bits per heavy atom. The number of H-pyrrole nitrogens is 1. The maximum Gasteiger partial charge on any atom is 0.343 e. The van der Waals surface area contributed by atoms with Crippen molar-refractivity contribution in [2.75, 3.05) is 5.73 Å². The number of hydrogen-bond donors (Lipinski definition) is 2. The van der Waals surface area contributed by atoms with Gasteiger partial charge >= 0.3 is 5.69 Å². The lowest BCUT2D eigenvalue weighted by atomic mass is 10.3. The van der Waals surface area contributed by atoms with Crippen LogP contribution in [0.2, 0.25) is 0 Å². The Kier molecular flexibility index (Phi) is 3.71. The zero-order chi connectivity index (χ0) is 13.1. The van der Waals surface area contributed by atoms with E-state index in [9.17, 15) is 4.79 Å². The molecule has 2 heterocycles. The van der Waals surface area contributed by atoms with E-state index in [0.29, 0.717) is 17.4 Å². The van der Waals surface area contributed by atoms with Gasteiger partial charge in [0.25, 0.3) is 0 Å². The molecule has 2 aromatic heterocycles. The molecule has 0 aliphatic heterocycles. The van der Waals surface area contributed by atoms with Crippen molar-refractivity contribution >= 4 is 17.4 Å². The normalized spacial score (nSPS) is 10.8. The largest absolute Gasteiger partial charge is 0.398 e. The number of nitrogens with zero attached hydrogens (tertiary/aromatic N) is 3. The van der Waals surface area contributed by atoms with Gasteiger partial charge in [0.15, 0.2) is 5.16 Å². The van der Waals surface area contributed by atoms with Crippen LogP contribution in [0.5, 0.6) is 0 Å². The smallest absolute Gasteiger partial charge is 0.343 e. The average molecular weight is 265 g/mol. The molecule has 0 aliphatic carbocycles. The third kappa shape index (κ3) is 2.56. The van der Waals surface area contributed by atoms with Crippen LogP contribution in [0.25, 0.3) is 0 Å². The second kappa shape index (κ2) is 5.26. The van der Waals surface area contributed by atoms with E-state index in [4.69, 9.17) is 5.73 Å². The molecular formula is C11H15N5OS. The third-order valence-electron chi connectivity index (χ3n) is 2.49. The molecule has 0 fully saturated rings. The SMILES string of the molecule is CCCn1c(Sc2cc(N)c(C)cn2)n[nH]c1=O. The van der Waals surface area contributed by atoms with Gasteiger partial charge in [0, 0.05) is 18.4 Å². The molecule has 0 saturated heterocycles. The first-order chi connectivity index (χ1) is 8.61. The minimum atomic E-state index is -0.195. The summed E-state index contributed by atoms with van der Waals surface area (Å²) >= 11 is 1.33. The van der Waals surface area contributed by atoms with Gasteiger partial charge in [-0.3, -0.25) is 4.57 Å². The maximum absolute atomic E-state index is 11.5. The fourth-order valence-corrected chi connectivity index (χ4v) is 2.32. The van der Waals surface area contributed by atoms with E-state index in [-0.39, 0.29) is 5.69 Å². The molecule has 2 rings (SSSR count). The zero-order valence-electron chi connectivity index (χ0n) is 10.3. The van der Waals surface area contributed by atoms with Crippen LogP contribution in [-0.2, 0) is 6.54 Å². The van der Waals surface area contributed by atoms with Crippen LogP contribution in [0.4, 0.5) is 5.69 Å². The Morgan fingerprint density at radius 3 is 3.00 bits per heavy atom. The number of nitrogens with two attached hydrogens (primary N) is 1. The van der Waals surface area contributed by atoms with Crippen LogP contribution in [0.3, 0.4) is 0 Å². The lowest BCUT2D eigenvalue weighted by Gasteiger charge is -2.04. The molecule has 18 heavy (non-hydrogen) atoms. The molecule has 0 radical (unpaired) electrons. The zero-order valence-corrected chi connectivity index (χ0v) is 11.1. The summed E-state index contributed by atoms with van der Waals surface area (Å²) in [6.07, 6.45) is 2.59. The Balaban J connectivity index is 2.28. The number of anilines is 1. The van der Waals surface area contributed by atoms with Crippen molar-refractivity contribution in [3.8, 4) is 0 Å². The highest BCUT2D eigenvalue weighted by Gasteiger charge is 2.10. The molecule has 0 atom stereocenters. The van der Waals surface area contributed by atoms with Gasteiger partial charge in [0.2, 0.25) is 0 Å². The van der Waals surface area contributed by atoms with Gasteiger partial charge in [-0.25, -0.2) is 14.9 Å². The number of aryl methyl sites for hydroxylation is 1. The molecule has 96 valence electrons. The number of hydrogen-bond acceptors (Lipinski definition) is 5. The lowest BCUT2D eigenvalue weighted by molar-refractivity contribution is 0.603. The summed E-state index contributed by atoms with van der Waals surface area (Å²) in [6, 6.07) is 1.79. The summed E-state index contributed by atoms with van der Waals surface area (Å²) in [5, 5.41) is 7.78. The van der Waals surface area contributed by atoms with E-state index in [2.05, 4.69) is 15.2 Å². The molecule has 7 heteroatoms. The van der Waals surface area contributed by atoms with Gasteiger partial charge in [-0.2, -0.15) is 0 Å². The predicted octanol–water partition coefficient (Wildman–Crippen LogP) is 1.42. The summed E-state index contributed by atoms with van der Waals surface area (Å²) in [7, 11) is 0. The Hall–Kier alpha value is -1.76. The highest BCUT2D eigenvalue weighted by atomic mass is 32.2. The van der Waals surface area contributed by atoms with Gasteiger partial charge in [-0.05, 0) is 36.7 Å². The topological polar surface area (TPSA) is 89.6 Å². The minimum absolute atomic E-state index is 0.195. The van der Waals surface area contributed by atoms with Crippen molar-refractivity contribution in [2.24, 2.45) is 0 Å². The van der Waals surface area contributed by atoms with Gasteiger partial charge in [0.1, 0.15) is 5.03 Å². The molecule has 0 saturated carbocycles. The van der Waals surface area contributed by atoms with Crippen molar-refractivity contribution in [3.63, 3.8) is 0 Å². The molecule has 0 bridgehead atoms. The predicted molar refractivity (Wildman–Crippen MR) is 70.6 cm³/mol. The monoisotopic (exact) mass is 265 g/mol. The highest BCUT2D eigenvalue weighted by molar-refractivity contribution is 7.99. The number of pyridine rings is 1. The second-order valence-corrected chi connectivity index (χ2v) is 4.93. The summed E-state index contributed by atoms with van der Waals surface area (Å²) in [5.41, 5.74) is 7.26. The molecule has 0 spiro atoms. The van der Waals surface area contributed by atoms with Crippen molar-refractivity contribution in [1.82, 2.24) is 19.7 Å². The van der Waals surface area contributed by atoms with Crippen LogP contribution < -0.4 is 11.4 Å². The molecule has 0 aromatic carbocycles. The first kappa shape index (κ1) is 12.7. The van der Waals surface area contributed by atoms with Crippen molar-refractivity contribution in [2.45, 2.75) is 37.0 Å². The fraction of sp³-hybridized carbons (Fsp3) is 0.364. The van der Waals surface area contributed by atoms with Crippen LogP contribution >= 0.6 is 11.8 Å². The van der Waals surface area contributed by atoms with Crippen LogP contribution in [0, 0.1) is 6.92 Å². The van der Waals surface area contributed by atoms with E-state index >= 15 is 0 Å². The van der Waals surface area contributed by atoms with Crippen LogP contribution in [-0.4, -0.2) is 19.7 Å². The molecule has 2 aromatic rings. The number of rotatable bonds is 4. The van der Waals surface area contributed by atoms with Crippen molar-refractivity contribution in [3.05, 3.63) is 28.3 Å². The van der Waals surface area contributed by atoms with E-state index in [1.165, 1.54) is 11.8 Å². The first-order valence-electron chi connectivity index (χ1n) is 5.67. The summed E-state index contributed by atoms with van der Waals surface area (Å²) in [4.78, 5) is 15.8. The minimum Gasteiger partial charge on any atom is -0.398 e. The molecule has 0 amide bonds. The molecular weight excluding hydrogens is 250 g/mol. The second-order valence-electron chi connectivity index (χ2n) is 3.94. The first-order valence-corrected chi connectivity index (χ1v) is 6.48. The lowest BCUT2D eigenvalue weighted by Crippen LogP contribution is -2.17. The van der Waals surface area contributed by atoms with Gasteiger partial charge < -0.3 is 5.73 Å². The maximum atomic E-state index is 11.5. The van der Waals surface area contributed by atoms with Gasteiger partial charge in [-0.15, -0.1) is 5.10 Å². The van der Waals surface area contributed by atoms with Crippen molar-refractivity contribution in [1.29, 1.82) is 0 Å². The number of nitrogen functional groups attached to an aromatic ring is 1. The van der Waals surface area contributed by atoms with Gasteiger partial charge in [-0.1, -0.05) is 6.92 Å². The Labute approximate surface area is 109 Å². The van der Waals surface area contributed by atoms with E-state index in [1.807, 2.05) is 13.8 Å². The van der Waals surface area contributed by atoms with E-state index in [1.54, 1.807) is 16.8 Å². The Bertz CT molecular complexity index is 604. The van der Waals surface area contributed by atoms with Gasteiger partial charge in [0.05, 0.1) is 0 Å². The fourth-order valence-electron chi connectivity index (χ4n) is 1.47. The number of aromatic amines is 1. The highest BCUT2D eigenvalue weighted by Crippen LogP contribution is 2.25. The van der Waals surface area contributed by atoms with E-state index in [0.717, 1.165) is 17.0 Å². The molecule has 0 aliphatic rings. The Morgan fingerprint density at radius 1 is 1.56 bits per heavy atom. The van der Waals surface area contributed by atoms with Crippen LogP contribution in [0.1, 0.15) is 18.9 Å². The molecule has 0 unspecified atom stereocenters. The summed E-state index contributed by atoms with van der Waals surface area (Å²) < 4.78 is 1.60. The summed E-state index contributed by atoms with van der Waals surface area (Å²) in [6.45, 7) is 4.55. The molecule has 6 nitrogen and oxygen atoms in total. The summed E-state index contributed by atoms with van der Waals surface area (Å²) in [5.74, 6) is 0. The van der Waals surface area contributed by atoms with Crippen molar-refractivity contribution < 1.29 is 0 Å².